The van der Waals surface area contributed by atoms with Gasteiger partial charge in [-0.25, -0.2) is 0 Å². The second-order valence-corrected chi connectivity index (χ2v) is 6.99. The Labute approximate surface area is 149 Å². The highest BCUT2D eigenvalue weighted by molar-refractivity contribution is 7.08. The fourth-order valence-electron chi connectivity index (χ4n) is 3.40. The SMILES string of the molecule is C=CCO[C@H]1C[C@@H]2C(=O)Nc3ccc(-c4ccsc4)cc3C(=O)N2C1. The van der Waals surface area contributed by atoms with E-state index in [1.807, 2.05) is 35.0 Å². The van der Waals surface area contributed by atoms with Crippen LogP contribution in [0.15, 0.2) is 47.7 Å². The van der Waals surface area contributed by atoms with Gasteiger partial charge in [0.2, 0.25) is 5.91 Å². The minimum absolute atomic E-state index is 0.125. The van der Waals surface area contributed by atoms with Gasteiger partial charge in [0.25, 0.3) is 5.91 Å². The molecule has 1 fully saturated rings. The van der Waals surface area contributed by atoms with Gasteiger partial charge >= 0.3 is 0 Å². The van der Waals surface area contributed by atoms with Crippen LogP contribution in [0.25, 0.3) is 11.1 Å². The predicted octanol–water partition coefficient (Wildman–Crippen LogP) is 3.15. The molecule has 2 aromatic rings. The van der Waals surface area contributed by atoms with Gasteiger partial charge in [-0.2, -0.15) is 11.3 Å². The maximum atomic E-state index is 13.1. The van der Waals surface area contributed by atoms with Crippen molar-refractivity contribution in [3.05, 3.63) is 53.2 Å². The molecule has 1 N–H and O–H groups in total. The standard InChI is InChI=1S/C19H18N2O3S/c1-2-6-24-14-9-17-18(22)20-16-4-3-12(13-5-7-25-11-13)8-15(16)19(23)21(17)10-14/h2-5,7-8,11,14,17H,1,6,9-10H2,(H,20,22)/t14-,17+/m0/s1. The molecule has 5 nitrogen and oxygen atoms in total. The lowest BCUT2D eigenvalue weighted by Gasteiger charge is -2.20. The largest absolute Gasteiger partial charge is 0.372 e. The van der Waals surface area contributed by atoms with Crippen molar-refractivity contribution in [2.75, 3.05) is 18.5 Å². The number of carbonyl (C=O) groups excluding carboxylic acids is 2. The van der Waals surface area contributed by atoms with Crippen LogP contribution in [-0.4, -0.2) is 42.0 Å². The van der Waals surface area contributed by atoms with E-state index in [0.29, 0.717) is 30.8 Å². The summed E-state index contributed by atoms with van der Waals surface area (Å²) in [5.74, 6) is -0.278. The molecule has 1 aromatic carbocycles. The molecule has 0 unspecified atom stereocenters. The summed E-state index contributed by atoms with van der Waals surface area (Å²) in [6, 6.07) is 7.14. The molecule has 1 aromatic heterocycles. The maximum absolute atomic E-state index is 13.1. The highest BCUT2D eigenvalue weighted by Crippen LogP contribution is 2.33. The van der Waals surface area contributed by atoms with Gasteiger partial charge < -0.3 is 15.0 Å². The van der Waals surface area contributed by atoms with Crippen LogP contribution < -0.4 is 5.32 Å². The number of amides is 2. The average Bonchev–Trinajstić information content (AvgIpc) is 3.28. The zero-order valence-electron chi connectivity index (χ0n) is 13.6. The van der Waals surface area contributed by atoms with Crippen LogP contribution in [0.3, 0.4) is 0 Å². The van der Waals surface area contributed by atoms with E-state index in [1.54, 1.807) is 22.3 Å². The molecule has 1 saturated heterocycles. The van der Waals surface area contributed by atoms with E-state index in [4.69, 9.17) is 4.74 Å². The van der Waals surface area contributed by atoms with Crippen molar-refractivity contribution >= 4 is 28.8 Å². The van der Waals surface area contributed by atoms with Crippen molar-refractivity contribution in [1.82, 2.24) is 4.90 Å². The number of hydrogen-bond donors (Lipinski definition) is 1. The fourth-order valence-corrected chi connectivity index (χ4v) is 4.07. The topological polar surface area (TPSA) is 58.6 Å². The normalized spacial score (nSPS) is 22.2. The smallest absolute Gasteiger partial charge is 0.256 e. The number of ether oxygens (including phenoxy) is 1. The van der Waals surface area contributed by atoms with E-state index in [0.717, 1.165) is 11.1 Å². The van der Waals surface area contributed by atoms with E-state index in [1.165, 1.54) is 0 Å². The molecule has 0 saturated carbocycles. The van der Waals surface area contributed by atoms with Gasteiger partial charge in [0.1, 0.15) is 6.04 Å². The van der Waals surface area contributed by atoms with Crippen LogP contribution in [0.5, 0.6) is 0 Å². The summed E-state index contributed by atoms with van der Waals surface area (Å²) < 4.78 is 5.66. The Bertz CT molecular complexity index is 831. The summed E-state index contributed by atoms with van der Waals surface area (Å²) in [7, 11) is 0. The molecule has 6 heteroatoms. The van der Waals surface area contributed by atoms with Crippen molar-refractivity contribution in [3.63, 3.8) is 0 Å². The number of nitrogens with one attached hydrogen (secondary N) is 1. The second kappa shape index (κ2) is 6.46. The van der Waals surface area contributed by atoms with Gasteiger partial charge in [0.05, 0.1) is 24.0 Å². The minimum atomic E-state index is -0.487. The Kier molecular flexibility index (Phi) is 4.15. The molecule has 0 bridgehead atoms. The zero-order valence-corrected chi connectivity index (χ0v) is 14.4. The predicted molar refractivity (Wildman–Crippen MR) is 97.8 cm³/mol. The van der Waals surface area contributed by atoms with Gasteiger partial charge in [-0.3, -0.25) is 9.59 Å². The number of hydrogen-bond acceptors (Lipinski definition) is 4. The third-order valence-electron chi connectivity index (χ3n) is 4.64. The molecule has 0 radical (unpaired) electrons. The lowest BCUT2D eigenvalue weighted by Crippen LogP contribution is -2.40. The van der Waals surface area contributed by atoms with Gasteiger partial charge in [0, 0.05) is 13.0 Å². The maximum Gasteiger partial charge on any atom is 0.256 e. The molecule has 25 heavy (non-hydrogen) atoms. The Morgan fingerprint density at radius 1 is 1.32 bits per heavy atom. The van der Waals surface area contributed by atoms with E-state index in [-0.39, 0.29) is 17.9 Å². The summed E-state index contributed by atoms with van der Waals surface area (Å²) in [5.41, 5.74) is 3.15. The van der Waals surface area contributed by atoms with Crippen LogP contribution in [0, 0.1) is 0 Å². The molecule has 0 spiro atoms. The molecule has 0 aliphatic carbocycles. The number of anilines is 1. The molecule has 4 rings (SSSR count). The summed E-state index contributed by atoms with van der Waals surface area (Å²) >= 11 is 1.61. The van der Waals surface area contributed by atoms with Gasteiger partial charge in [0.15, 0.2) is 0 Å². The number of benzene rings is 1. The van der Waals surface area contributed by atoms with Crippen molar-refractivity contribution in [1.29, 1.82) is 0 Å². The van der Waals surface area contributed by atoms with Crippen LogP contribution in [0.2, 0.25) is 0 Å². The molecular weight excluding hydrogens is 336 g/mol. The monoisotopic (exact) mass is 354 g/mol. The Hall–Kier alpha value is -2.44. The van der Waals surface area contributed by atoms with E-state index >= 15 is 0 Å². The van der Waals surface area contributed by atoms with Gasteiger partial charge in [-0.1, -0.05) is 12.1 Å². The number of carbonyl (C=O) groups is 2. The Balaban J connectivity index is 1.67. The summed E-state index contributed by atoms with van der Waals surface area (Å²) in [5, 5.41) is 6.94. The summed E-state index contributed by atoms with van der Waals surface area (Å²) in [6.45, 7) is 4.48. The lowest BCUT2D eigenvalue weighted by atomic mass is 10.0. The zero-order chi connectivity index (χ0) is 17.4. The second-order valence-electron chi connectivity index (χ2n) is 6.21. The molecule has 2 atom stereocenters. The highest BCUT2D eigenvalue weighted by atomic mass is 32.1. The lowest BCUT2D eigenvalue weighted by molar-refractivity contribution is -0.119. The number of nitrogens with zero attached hydrogens (tertiary/aromatic N) is 1. The Morgan fingerprint density at radius 2 is 2.20 bits per heavy atom. The van der Waals surface area contributed by atoms with Crippen LogP contribution >= 0.6 is 11.3 Å². The Morgan fingerprint density at radius 3 is 2.96 bits per heavy atom. The average molecular weight is 354 g/mol. The van der Waals surface area contributed by atoms with Crippen molar-refractivity contribution in [3.8, 4) is 11.1 Å². The highest BCUT2D eigenvalue weighted by Gasteiger charge is 2.43. The molecule has 3 heterocycles. The van der Waals surface area contributed by atoms with Crippen LogP contribution in [0.1, 0.15) is 16.8 Å². The first-order valence-corrected chi connectivity index (χ1v) is 9.12. The van der Waals surface area contributed by atoms with E-state index in [2.05, 4.69) is 11.9 Å². The van der Waals surface area contributed by atoms with Crippen molar-refractivity contribution in [2.45, 2.75) is 18.6 Å². The molecule has 2 aliphatic rings. The summed E-state index contributed by atoms with van der Waals surface area (Å²) in [4.78, 5) is 27.3. The fraction of sp³-hybridized carbons (Fsp3) is 0.263. The van der Waals surface area contributed by atoms with Gasteiger partial charge in [-0.05, 0) is 40.1 Å². The first-order chi connectivity index (χ1) is 12.2. The third-order valence-corrected chi connectivity index (χ3v) is 5.32. The minimum Gasteiger partial charge on any atom is -0.372 e. The van der Waals surface area contributed by atoms with Crippen LogP contribution in [0.4, 0.5) is 5.69 Å². The van der Waals surface area contributed by atoms with E-state index in [9.17, 15) is 9.59 Å². The third kappa shape index (κ3) is 2.88. The molecule has 2 aliphatic heterocycles. The number of fused-ring (bicyclic) bond motifs is 2. The number of thiophene rings is 1. The molecular formula is C19H18N2O3S. The van der Waals surface area contributed by atoms with Gasteiger partial charge in [-0.15, -0.1) is 6.58 Å². The van der Waals surface area contributed by atoms with Crippen LogP contribution in [-0.2, 0) is 9.53 Å². The van der Waals surface area contributed by atoms with E-state index < -0.39 is 6.04 Å². The quantitative estimate of drug-likeness (QED) is 0.858. The first kappa shape index (κ1) is 16.1. The first-order valence-electron chi connectivity index (χ1n) is 8.18. The molecule has 2 amide bonds. The summed E-state index contributed by atoms with van der Waals surface area (Å²) in [6.07, 6.45) is 2.05. The van der Waals surface area contributed by atoms with Crippen molar-refractivity contribution < 1.29 is 14.3 Å². The number of rotatable bonds is 4. The van der Waals surface area contributed by atoms with Crippen molar-refractivity contribution in [2.24, 2.45) is 0 Å². The molecule has 128 valence electrons.